The molecule has 3 aromatic rings. The van der Waals surface area contributed by atoms with E-state index in [1.165, 1.54) is 16.2 Å². The Labute approximate surface area is 214 Å². The molecule has 1 heterocycles. The number of fused-ring (bicyclic) bond motifs is 1. The first-order valence-electron chi connectivity index (χ1n) is 11.7. The zero-order chi connectivity index (χ0) is 26.1. The molecular formula is C27H31N4O4S+. The van der Waals surface area contributed by atoms with Crippen LogP contribution in [0.2, 0.25) is 0 Å². The van der Waals surface area contributed by atoms with Crippen LogP contribution in [0.5, 0.6) is 0 Å². The van der Waals surface area contributed by atoms with Gasteiger partial charge in [0.25, 0.3) is 5.91 Å². The fourth-order valence-electron chi connectivity index (χ4n) is 4.72. The van der Waals surface area contributed by atoms with E-state index in [0.29, 0.717) is 40.4 Å². The molecule has 0 fully saturated rings. The number of aliphatic carboxylic acids is 1. The second kappa shape index (κ2) is 9.83. The molecule has 0 atom stereocenters. The van der Waals surface area contributed by atoms with Gasteiger partial charge in [0.05, 0.1) is 38.7 Å². The molecular weight excluding hydrogens is 476 g/mol. The van der Waals surface area contributed by atoms with Gasteiger partial charge in [0, 0.05) is 23.7 Å². The highest BCUT2D eigenvalue weighted by Gasteiger charge is 2.47. The molecule has 9 heteroatoms. The van der Waals surface area contributed by atoms with Gasteiger partial charge in [-0.25, -0.2) is 4.98 Å². The number of carboxylic acids is 1. The van der Waals surface area contributed by atoms with Crippen LogP contribution in [-0.4, -0.2) is 67.1 Å². The number of aromatic nitrogens is 1. The lowest BCUT2D eigenvalue weighted by atomic mass is 9.80. The molecule has 0 bridgehead atoms. The Morgan fingerprint density at radius 1 is 1.08 bits per heavy atom. The molecule has 188 valence electrons. The highest BCUT2D eigenvalue weighted by molar-refractivity contribution is 7.14. The zero-order valence-electron chi connectivity index (χ0n) is 20.9. The normalized spacial score (nSPS) is 14.2. The first-order valence-corrected chi connectivity index (χ1v) is 12.6. The number of carbonyl (C=O) groups excluding carboxylic acids is 2. The SMILES string of the molecule is CN(C(=O)C1(CC(=O)O)Cc2ccccc2C1)c1nc(-c2cccc(NC(=O)C[N+](C)(C)C)c2)cs1. The number of nitrogens with zero attached hydrogens (tertiary/aromatic N) is 3. The molecule has 0 aliphatic heterocycles. The van der Waals surface area contributed by atoms with Gasteiger partial charge in [0.2, 0.25) is 5.91 Å². The van der Waals surface area contributed by atoms with Gasteiger partial charge in [0.15, 0.2) is 11.7 Å². The Hall–Kier alpha value is -3.56. The predicted octanol–water partition coefficient (Wildman–Crippen LogP) is 3.68. The van der Waals surface area contributed by atoms with E-state index in [1.807, 2.05) is 75.1 Å². The Morgan fingerprint density at radius 3 is 2.36 bits per heavy atom. The number of nitrogens with one attached hydrogen (secondary N) is 1. The van der Waals surface area contributed by atoms with Gasteiger partial charge < -0.3 is 14.9 Å². The fraction of sp³-hybridized carbons (Fsp3) is 0.333. The first-order chi connectivity index (χ1) is 17.0. The number of hydrogen-bond donors (Lipinski definition) is 2. The highest BCUT2D eigenvalue weighted by atomic mass is 32.1. The minimum atomic E-state index is -1.04. The number of amides is 2. The maximum absolute atomic E-state index is 13.7. The number of carboxylic acid groups (broad SMARTS) is 1. The third-order valence-corrected chi connectivity index (χ3v) is 7.18. The molecule has 1 aliphatic rings. The van der Waals surface area contributed by atoms with Crippen LogP contribution >= 0.6 is 11.3 Å². The summed E-state index contributed by atoms with van der Waals surface area (Å²) >= 11 is 1.33. The van der Waals surface area contributed by atoms with Gasteiger partial charge in [-0.05, 0) is 36.1 Å². The number of rotatable bonds is 8. The van der Waals surface area contributed by atoms with Gasteiger partial charge in [0.1, 0.15) is 0 Å². The van der Waals surface area contributed by atoms with E-state index in [1.54, 1.807) is 7.05 Å². The van der Waals surface area contributed by atoms with Crippen molar-refractivity contribution in [1.82, 2.24) is 4.98 Å². The number of thiazole rings is 1. The summed E-state index contributed by atoms with van der Waals surface area (Å²) in [6.45, 7) is 0.347. The number of carbonyl (C=O) groups is 3. The Morgan fingerprint density at radius 2 is 1.75 bits per heavy atom. The summed E-state index contributed by atoms with van der Waals surface area (Å²) in [6, 6.07) is 15.2. The Balaban J connectivity index is 1.53. The van der Waals surface area contributed by atoms with Crippen LogP contribution in [0.4, 0.5) is 10.8 Å². The molecule has 0 unspecified atom stereocenters. The average molecular weight is 508 g/mol. The van der Waals surface area contributed by atoms with Crippen molar-refractivity contribution in [3.63, 3.8) is 0 Å². The quantitative estimate of drug-likeness (QED) is 0.453. The molecule has 36 heavy (non-hydrogen) atoms. The summed E-state index contributed by atoms with van der Waals surface area (Å²) in [5.74, 6) is -1.32. The molecule has 0 spiro atoms. The van der Waals surface area contributed by atoms with Crippen molar-refractivity contribution in [1.29, 1.82) is 0 Å². The molecule has 1 aliphatic carbocycles. The monoisotopic (exact) mass is 507 g/mol. The molecule has 0 saturated heterocycles. The van der Waals surface area contributed by atoms with Crippen LogP contribution in [0.15, 0.2) is 53.9 Å². The van der Waals surface area contributed by atoms with Crippen molar-refractivity contribution in [2.75, 3.05) is 45.0 Å². The molecule has 2 aromatic carbocycles. The number of likely N-dealkylation sites (N-methyl/N-ethyl adjacent to an activating group) is 1. The lowest BCUT2D eigenvalue weighted by molar-refractivity contribution is -0.861. The Bertz CT molecular complexity index is 1290. The number of quaternary nitrogens is 1. The van der Waals surface area contributed by atoms with Crippen molar-refractivity contribution in [3.05, 3.63) is 65.0 Å². The van der Waals surface area contributed by atoms with E-state index < -0.39 is 11.4 Å². The summed E-state index contributed by atoms with van der Waals surface area (Å²) < 4.78 is 0.524. The van der Waals surface area contributed by atoms with Crippen molar-refractivity contribution in [3.8, 4) is 11.3 Å². The molecule has 1 aromatic heterocycles. The summed E-state index contributed by atoms with van der Waals surface area (Å²) in [4.78, 5) is 43.9. The summed E-state index contributed by atoms with van der Waals surface area (Å²) in [5.41, 5.74) is 3.17. The van der Waals surface area contributed by atoms with Crippen LogP contribution < -0.4 is 10.2 Å². The van der Waals surface area contributed by atoms with Crippen molar-refractivity contribution in [2.45, 2.75) is 19.3 Å². The topological polar surface area (TPSA) is 99.6 Å². The summed E-state index contributed by atoms with van der Waals surface area (Å²) in [5, 5.41) is 14.9. The zero-order valence-corrected chi connectivity index (χ0v) is 21.8. The predicted molar refractivity (Wildman–Crippen MR) is 141 cm³/mol. The average Bonchev–Trinajstić information content (AvgIpc) is 3.42. The summed E-state index contributed by atoms with van der Waals surface area (Å²) in [7, 11) is 7.51. The van der Waals surface area contributed by atoms with Gasteiger partial charge >= 0.3 is 5.97 Å². The van der Waals surface area contributed by atoms with Gasteiger partial charge in [-0.3, -0.25) is 19.3 Å². The van der Waals surface area contributed by atoms with Gasteiger partial charge in [-0.2, -0.15) is 0 Å². The smallest absolute Gasteiger partial charge is 0.304 e. The molecule has 0 saturated carbocycles. The third-order valence-electron chi connectivity index (χ3n) is 6.26. The molecule has 0 radical (unpaired) electrons. The number of anilines is 2. The second-order valence-electron chi connectivity index (χ2n) is 10.4. The van der Waals surface area contributed by atoms with Gasteiger partial charge in [-0.1, -0.05) is 36.4 Å². The minimum absolute atomic E-state index is 0.0785. The minimum Gasteiger partial charge on any atom is -0.481 e. The number of benzene rings is 2. The van der Waals surface area contributed by atoms with E-state index in [2.05, 4.69) is 10.3 Å². The van der Waals surface area contributed by atoms with E-state index in [0.717, 1.165) is 16.7 Å². The molecule has 2 N–H and O–H groups in total. The van der Waals surface area contributed by atoms with Crippen LogP contribution in [0.3, 0.4) is 0 Å². The standard InChI is InChI=1S/C27H30N4O4S/c1-30(25(35)27(15-24(33)34)13-19-8-5-6-9-20(19)14-27)26-29-22(17-36-26)18-10-7-11-21(12-18)28-23(32)16-31(2,3)4/h5-12,17H,13-16H2,1-4H3,(H-,28,32,33,34)/p+1. The largest absolute Gasteiger partial charge is 0.481 e. The summed E-state index contributed by atoms with van der Waals surface area (Å²) in [6.07, 6.45) is 0.552. The highest BCUT2D eigenvalue weighted by Crippen LogP contribution is 2.42. The van der Waals surface area contributed by atoms with E-state index >= 15 is 0 Å². The lowest BCUT2D eigenvalue weighted by Gasteiger charge is -2.30. The lowest BCUT2D eigenvalue weighted by Crippen LogP contribution is -2.44. The van der Waals surface area contributed by atoms with E-state index in [-0.39, 0.29) is 18.2 Å². The maximum Gasteiger partial charge on any atom is 0.304 e. The van der Waals surface area contributed by atoms with E-state index in [9.17, 15) is 19.5 Å². The molecule has 8 nitrogen and oxygen atoms in total. The van der Waals surface area contributed by atoms with Crippen LogP contribution in [0.25, 0.3) is 11.3 Å². The first kappa shape index (κ1) is 25.5. The fourth-order valence-corrected chi connectivity index (χ4v) is 5.51. The van der Waals surface area contributed by atoms with Crippen molar-refractivity contribution >= 4 is 39.9 Å². The van der Waals surface area contributed by atoms with Crippen molar-refractivity contribution in [2.24, 2.45) is 5.41 Å². The Kier molecular flexibility index (Phi) is 6.97. The van der Waals surface area contributed by atoms with Gasteiger partial charge in [-0.15, -0.1) is 11.3 Å². The third kappa shape index (κ3) is 5.63. The van der Waals surface area contributed by atoms with Crippen LogP contribution in [-0.2, 0) is 27.2 Å². The molecule has 2 amide bonds. The van der Waals surface area contributed by atoms with Crippen molar-refractivity contribution < 1.29 is 24.0 Å². The molecule has 4 rings (SSSR count). The maximum atomic E-state index is 13.7. The van der Waals surface area contributed by atoms with Crippen LogP contribution in [0, 0.1) is 5.41 Å². The van der Waals surface area contributed by atoms with E-state index in [4.69, 9.17) is 0 Å². The second-order valence-corrected chi connectivity index (χ2v) is 11.3. The van der Waals surface area contributed by atoms with Crippen LogP contribution in [0.1, 0.15) is 17.5 Å². The number of hydrogen-bond acceptors (Lipinski definition) is 5.